The standard InChI is InChI=1S/C14H22N4O2/c1-10-8-11(12(19)20)16-13(15-10)18(4)9-14(17(2)3)6-5-7-14/h8H,5-7,9H2,1-4H3,(H,19,20). The van der Waals surface area contributed by atoms with Gasteiger partial charge in [0.25, 0.3) is 0 Å². The van der Waals surface area contributed by atoms with Gasteiger partial charge in [-0.1, -0.05) is 0 Å². The molecule has 0 amide bonds. The molecule has 0 unspecified atom stereocenters. The molecule has 1 aromatic rings. The van der Waals surface area contributed by atoms with Gasteiger partial charge < -0.3 is 14.9 Å². The summed E-state index contributed by atoms with van der Waals surface area (Å²) < 4.78 is 0. The lowest BCUT2D eigenvalue weighted by molar-refractivity contribution is 0.0677. The predicted molar refractivity (Wildman–Crippen MR) is 77.3 cm³/mol. The highest BCUT2D eigenvalue weighted by Crippen LogP contribution is 2.37. The SMILES string of the molecule is Cc1cc(C(=O)O)nc(N(C)CC2(N(C)C)CCC2)n1. The Balaban J connectivity index is 2.21. The maximum atomic E-state index is 11.1. The van der Waals surface area contributed by atoms with Crippen LogP contribution in [0.3, 0.4) is 0 Å². The van der Waals surface area contributed by atoms with Gasteiger partial charge >= 0.3 is 5.97 Å². The summed E-state index contributed by atoms with van der Waals surface area (Å²) in [4.78, 5) is 23.8. The molecule has 0 aromatic carbocycles. The topological polar surface area (TPSA) is 69.6 Å². The largest absolute Gasteiger partial charge is 0.477 e. The summed E-state index contributed by atoms with van der Waals surface area (Å²) in [7, 11) is 6.10. The molecule has 2 rings (SSSR count). The molecule has 0 radical (unpaired) electrons. The first-order chi connectivity index (χ1) is 9.34. The van der Waals surface area contributed by atoms with Crippen LogP contribution in [-0.4, -0.2) is 59.2 Å². The molecule has 1 aliphatic carbocycles. The zero-order valence-electron chi connectivity index (χ0n) is 12.6. The number of hydrogen-bond acceptors (Lipinski definition) is 5. The molecule has 1 N–H and O–H groups in total. The van der Waals surface area contributed by atoms with Crippen molar-refractivity contribution in [2.45, 2.75) is 31.7 Å². The molecule has 0 spiro atoms. The molecule has 1 heterocycles. The third-order valence-corrected chi connectivity index (χ3v) is 4.17. The van der Waals surface area contributed by atoms with E-state index in [1.807, 2.05) is 11.9 Å². The van der Waals surface area contributed by atoms with Crippen LogP contribution in [0.1, 0.15) is 35.4 Å². The number of likely N-dealkylation sites (N-methyl/N-ethyl adjacent to an activating group) is 2. The molecule has 1 saturated carbocycles. The maximum absolute atomic E-state index is 11.1. The van der Waals surface area contributed by atoms with Crippen LogP contribution in [0.25, 0.3) is 0 Å². The van der Waals surface area contributed by atoms with E-state index < -0.39 is 5.97 Å². The number of hydrogen-bond donors (Lipinski definition) is 1. The van der Waals surface area contributed by atoms with Crippen molar-refractivity contribution < 1.29 is 9.90 Å². The van der Waals surface area contributed by atoms with Crippen LogP contribution in [0.15, 0.2) is 6.07 Å². The van der Waals surface area contributed by atoms with Crippen LogP contribution >= 0.6 is 0 Å². The summed E-state index contributed by atoms with van der Waals surface area (Å²) >= 11 is 0. The lowest BCUT2D eigenvalue weighted by Crippen LogP contribution is -2.57. The summed E-state index contributed by atoms with van der Waals surface area (Å²) in [5.41, 5.74) is 0.879. The Morgan fingerprint density at radius 1 is 1.35 bits per heavy atom. The smallest absolute Gasteiger partial charge is 0.354 e. The van der Waals surface area contributed by atoms with Crippen LogP contribution in [0.4, 0.5) is 5.95 Å². The number of aromatic nitrogens is 2. The second-order valence-electron chi connectivity index (χ2n) is 5.83. The number of carbonyl (C=O) groups is 1. The molecule has 6 nitrogen and oxygen atoms in total. The van der Waals surface area contributed by atoms with E-state index in [-0.39, 0.29) is 11.2 Å². The summed E-state index contributed by atoms with van der Waals surface area (Å²) in [5.74, 6) is -0.536. The van der Waals surface area contributed by atoms with Gasteiger partial charge in [-0.05, 0) is 46.3 Å². The van der Waals surface area contributed by atoms with E-state index in [0.29, 0.717) is 11.6 Å². The quantitative estimate of drug-likeness (QED) is 0.878. The van der Waals surface area contributed by atoms with Gasteiger partial charge in [-0.2, -0.15) is 0 Å². The van der Waals surface area contributed by atoms with Gasteiger partial charge in [0.05, 0.1) is 0 Å². The molecule has 6 heteroatoms. The Hall–Kier alpha value is -1.69. The van der Waals surface area contributed by atoms with E-state index in [9.17, 15) is 4.79 Å². The monoisotopic (exact) mass is 278 g/mol. The Morgan fingerprint density at radius 2 is 2.00 bits per heavy atom. The number of aromatic carboxylic acids is 1. The lowest BCUT2D eigenvalue weighted by atomic mass is 9.75. The zero-order valence-corrected chi connectivity index (χ0v) is 12.6. The normalized spacial score (nSPS) is 16.9. The molecule has 20 heavy (non-hydrogen) atoms. The van der Waals surface area contributed by atoms with Crippen molar-refractivity contribution in [2.24, 2.45) is 0 Å². The number of nitrogens with zero attached hydrogens (tertiary/aromatic N) is 4. The molecule has 0 aliphatic heterocycles. The van der Waals surface area contributed by atoms with Crippen molar-refractivity contribution >= 4 is 11.9 Å². The molecular weight excluding hydrogens is 256 g/mol. The highest BCUT2D eigenvalue weighted by atomic mass is 16.4. The van der Waals surface area contributed by atoms with Gasteiger partial charge in [-0.25, -0.2) is 14.8 Å². The van der Waals surface area contributed by atoms with Crippen molar-refractivity contribution in [1.29, 1.82) is 0 Å². The summed E-state index contributed by atoms with van der Waals surface area (Å²) in [5, 5.41) is 9.08. The number of rotatable bonds is 5. The van der Waals surface area contributed by atoms with Gasteiger partial charge in [0.2, 0.25) is 5.95 Å². The van der Waals surface area contributed by atoms with Crippen molar-refractivity contribution in [3.63, 3.8) is 0 Å². The second kappa shape index (κ2) is 5.36. The second-order valence-corrected chi connectivity index (χ2v) is 5.83. The lowest BCUT2D eigenvalue weighted by Gasteiger charge is -2.49. The van der Waals surface area contributed by atoms with Crippen LogP contribution < -0.4 is 4.90 Å². The highest BCUT2D eigenvalue weighted by molar-refractivity contribution is 5.85. The van der Waals surface area contributed by atoms with Gasteiger partial charge in [0.15, 0.2) is 5.69 Å². The molecular formula is C14H22N4O2. The number of aryl methyl sites for hydroxylation is 1. The minimum atomic E-state index is -1.02. The summed E-state index contributed by atoms with van der Waals surface area (Å²) in [6.07, 6.45) is 3.55. The molecule has 0 bridgehead atoms. The average Bonchev–Trinajstić information content (AvgIpc) is 2.32. The van der Waals surface area contributed by atoms with Crippen LogP contribution in [0.5, 0.6) is 0 Å². The predicted octanol–water partition coefficient (Wildman–Crippen LogP) is 1.40. The van der Waals surface area contributed by atoms with Gasteiger partial charge in [0.1, 0.15) is 0 Å². The maximum Gasteiger partial charge on any atom is 0.354 e. The van der Waals surface area contributed by atoms with E-state index in [0.717, 1.165) is 19.4 Å². The van der Waals surface area contributed by atoms with Crippen molar-refractivity contribution in [3.8, 4) is 0 Å². The fourth-order valence-electron chi connectivity index (χ4n) is 2.68. The van der Waals surface area contributed by atoms with E-state index in [2.05, 4.69) is 29.0 Å². The van der Waals surface area contributed by atoms with Crippen molar-refractivity contribution in [3.05, 3.63) is 17.5 Å². The summed E-state index contributed by atoms with van der Waals surface area (Å²) in [6, 6.07) is 1.49. The highest BCUT2D eigenvalue weighted by Gasteiger charge is 2.40. The first-order valence-electron chi connectivity index (χ1n) is 6.82. The van der Waals surface area contributed by atoms with E-state index in [4.69, 9.17) is 5.11 Å². The Morgan fingerprint density at radius 3 is 2.45 bits per heavy atom. The molecule has 1 fully saturated rings. The van der Waals surface area contributed by atoms with Gasteiger partial charge in [0, 0.05) is 24.8 Å². The van der Waals surface area contributed by atoms with Crippen molar-refractivity contribution in [1.82, 2.24) is 14.9 Å². The minimum Gasteiger partial charge on any atom is -0.477 e. The van der Waals surface area contributed by atoms with E-state index in [1.54, 1.807) is 6.92 Å². The number of carboxylic acid groups (broad SMARTS) is 1. The van der Waals surface area contributed by atoms with E-state index >= 15 is 0 Å². The fraction of sp³-hybridized carbons (Fsp3) is 0.643. The molecule has 0 atom stereocenters. The molecule has 110 valence electrons. The van der Waals surface area contributed by atoms with Crippen LogP contribution in [-0.2, 0) is 0 Å². The molecule has 1 aliphatic rings. The first kappa shape index (κ1) is 14.7. The summed E-state index contributed by atoms with van der Waals surface area (Å²) in [6.45, 7) is 2.60. The third kappa shape index (κ3) is 2.75. The third-order valence-electron chi connectivity index (χ3n) is 4.17. The average molecular weight is 278 g/mol. The Labute approximate surface area is 119 Å². The number of carboxylic acids is 1. The molecule has 1 aromatic heterocycles. The fourth-order valence-corrected chi connectivity index (χ4v) is 2.68. The zero-order chi connectivity index (χ0) is 14.9. The van der Waals surface area contributed by atoms with Gasteiger partial charge in [-0.3, -0.25) is 0 Å². The van der Waals surface area contributed by atoms with Gasteiger partial charge in [-0.15, -0.1) is 0 Å². The Bertz CT molecular complexity index is 512. The minimum absolute atomic E-state index is 0.0480. The first-order valence-corrected chi connectivity index (χ1v) is 6.82. The van der Waals surface area contributed by atoms with E-state index in [1.165, 1.54) is 12.5 Å². The van der Waals surface area contributed by atoms with Crippen LogP contribution in [0.2, 0.25) is 0 Å². The number of anilines is 1. The Kier molecular flexibility index (Phi) is 3.94. The van der Waals surface area contributed by atoms with Crippen molar-refractivity contribution in [2.75, 3.05) is 32.6 Å². The molecule has 0 saturated heterocycles. The van der Waals surface area contributed by atoms with Crippen LogP contribution in [0, 0.1) is 6.92 Å².